The Bertz CT molecular complexity index is 55.6. The first kappa shape index (κ1) is 1.25. The second-order valence-electron chi connectivity index (χ2n) is 0.500. The number of hydrogen-bond donors (Lipinski definition) is 0. The smallest absolute Gasteiger partial charge is 0.0569 e. The van der Waals surface area contributed by atoms with E-state index in [1.165, 1.54) is 0 Å². The number of hydrogen-bond acceptors (Lipinski definition) is 0. The third-order valence-electron chi connectivity index (χ3n) is 0.250. The molecular formula is C4H8. The van der Waals surface area contributed by atoms with Gasteiger partial charge in [0, 0.05) is 0 Å². The first-order valence-corrected chi connectivity index (χ1v) is 1.25. The van der Waals surface area contributed by atoms with E-state index in [0.717, 1.165) is 0 Å². The molecule has 0 N–H and O–H groups in total. The van der Waals surface area contributed by atoms with E-state index >= 15 is 0 Å². The van der Waals surface area contributed by atoms with Gasteiger partial charge in [-0.1, -0.05) is 12.1 Å². The summed E-state index contributed by atoms with van der Waals surface area (Å²) in [6.45, 7) is 3.20. The van der Waals surface area contributed by atoms with E-state index in [4.69, 9.17) is 2.74 Å². The van der Waals surface area contributed by atoms with Gasteiger partial charge in [0.1, 0.15) is 0 Å². The van der Waals surface area contributed by atoms with E-state index in [1.54, 1.807) is 13.8 Å². The molecule has 0 aliphatic rings. The molecule has 0 heteroatoms. The van der Waals surface area contributed by atoms with Crippen molar-refractivity contribution in [2.45, 2.75) is 13.8 Å². The van der Waals surface area contributed by atoms with Crippen molar-refractivity contribution in [2.24, 2.45) is 0 Å². The van der Waals surface area contributed by atoms with E-state index in [-0.39, 0.29) is 0 Å². The Kier molecular flexibility index (Phi) is 0.856. The minimum absolute atomic E-state index is 0.343. The van der Waals surface area contributed by atoms with Crippen LogP contribution in [0.4, 0.5) is 0 Å². The fourth-order valence-electron chi connectivity index (χ4n) is 0. The molecule has 4 heavy (non-hydrogen) atoms. The third kappa shape index (κ3) is 1.74. The second-order valence-corrected chi connectivity index (χ2v) is 0.500. The monoisotopic (exact) mass is 58.1 g/mol. The zero-order valence-electron chi connectivity index (χ0n) is 5.00. The van der Waals surface area contributed by atoms with Crippen LogP contribution in [-0.2, 0) is 0 Å². The van der Waals surface area contributed by atoms with Gasteiger partial charge in [-0.3, -0.25) is 0 Å². The molecule has 0 spiro atoms. The minimum Gasteiger partial charge on any atom is -0.0919 e. The lowest BCUT2D eigenvalue weighted by Crippen LogP contribution is -1.26. The van der Waals surface area contributed by atoms with E-state index in [9.17, 15) is 0 Å². The Morgan fingerprint density at radius 1 is 1.50 bits per heavy atom. The van der Waals surface area contributed by atoms with Crippen molar-refractivity contribution in [3.8, 4) is 0 Å². The molecule has 0 atom stereocenters. The van der Waals surface area contributed by atoms with E-state index in [2.05, 4.69) is 0 Å². The normalized spacial score (nSPS) is 21.5. The molecule has 0 rings (SSSR count). The molecule has 0 saturated carbocycles. The molecule has 0 aromatic heterocycles. The summed E-state index contributed by atoms with van der Waals surface area (Å²) in [7, 11) is 0. The van der Waals surface area contributed by atoms with Crippen molar-refractivity contribution in [3.05, 3.63) is 12.1 Å². The van der Waals surface area contributed by atoms with Gasteiger partial charge in [0.2, 0.25) is 0 Å². The van der Waals surface area contributed by atoms with Gasteiger partial charge in [0.15, 0.2) is 0 Å². The zero-order chi connectivity index (χ0) is 5.15. The lowest BCUT2D eigenvalue weighted by Gasteiger charge is -1.49. The van der Waals surface area contributed by atoms with Crippen molar-refractivity contribution >= 4 is 0 Å². The molecule has 0 fully saturated rings. The summed E-state index contributed by atoms with van der Waals surface area (Å²) < 4.78 is 13.4. The van der Waals surface area contributed by atoms with Crippen LogP contribution in [0, 0.1) is 0 Å². The summed E-state index contributed by atoms with van der Waals surface area (Å²) in [6, 6.07) is 0.685. The van der Waals surface area contributed by atoms with Gasteiger partial charge >= 0.3 is 0 Å². The van der Waals surface area contributed by atoms with Crippen LogP contribution in [0.3, 0.4) is 0 Å². The molecule has 0 aromatic carbocycles. The molecule has 0 saturated heterocycles. The molecule has 0 nitrogen and oxygen atoms in total. The summed E-state index contributed by atoms with van der Waals surface area (Å²) >= 11 is 0. The first-order valence-electron chi connectivity index (χ1n) is 2.25. The predicted octanol–water partition coefficient (Wildman–Crippen LogP) is 1.58. The van der Waals surface area contributed by atoms with Gasteiger partial charge in [-0.2, -0.15) is 0 Å². The highest BCUT2D eigenvalue weighted by Gasteiger charge is 1.34. The Labute approximate surface area is 30.0 Å². The van der Waals surface area contributed by atoms with Crippen LogP contribution in [-0.4, -0.2) is 0 Å². The highest BCUT2D eigenvalue weighted by Crippen LogP contribution is 1.57. The van der Waals surface area contributed by atoms with E-state index < -0.39 is 0 Å². The molecule has 24 valence electrons. The van der Waals surface area contributed by atoms with Crippen LogP contribution in [0.2, 0.25) is 0 Å². The summed E-state index contributed by atoms with van der Waals surface area (Å²) in [5.41, 5.74) is 0. The Hall–Kier alpha value is -0.260. The summed E-state index contributed by atoms with van der Waals surface area (Å²) in [5, 5.41) is 0. The Balaban J connectivity index is 3.68. The third-order valence-corrected chi connectivity index (χ3v) is 0.250. The highest BCUT2D eigenvalue weighted by atomic mass is 13.4. The molecular weight excluding hydrogens is 48.0 g/mol. The minimum atomic E-state index is 0.343. The molecule has 0 heterocycles. The van der Waals surface area contributed by atoms with Crippen LogP contribution in [0.5, 0.6) is 0 Å². The lowest BCUT2D eigenvalue weighted by atomic mass is 10.6. The van der Waals surface area contributed by atoms with Crippen LogP contribution in [0.1, 0.15) is 16.6 Å². The lowest BCUT2D eigenvalue weighted by molar-refractivity contribution is 1.64. The molecule has 0 aliphatic carbocycles. The molecule has 0 aromatic rings. The summed E-state index contributed by atoms with van der Waals surface area (Å²) in [5.74, 6) is 0. The maximum absolute atomic E-state index is 6.72. The van der Waals surface area contributed by atoms with Gasteiger partial charge < -0.3 is 0 Å². The van der Waals surface area contributed by atoms with Gasteiger partial charge in [-0.25, -0.2) is 0 Å². The van der Waals surface area contributed by atoms with Gasteiger partial charge in [0.25, 0.3) is 0 Å². The van der Waals surface area contributed by atoms with Gasteiger partial charge in [-0.15, -0.1) is 0 Å². The van der Waals surface area contributed by atoms with E-state index in [1.807, 2.05) is 0 Å². The molecule has 0 aliphatic heterocycles. The number of allylic oxidation sites excluding steroid dienone is 2. The Morgan fingerprint density at radius 2 is 1.75 bits per heavy atom. The van der Waals surface area contributed by atoms with Crippen LogP contribution in [0.15, 0.2) is 12.1 Å². The Morgan fingerprint density at radius 3 is 1.75 bits per heavy atom. The van der Waals surface area contributed by atoms with Gasteiger partial charge in [0.05, 0.1) is 2.74 Å². The van der Waals surface area contributed by atoms with Crippen molar-refractivity contribution in [1.82, 2.24) is 0 Å². The fraction of sp³-hybridized carbons (Fsp3) is 0.500. The maximum atomic E-state index is 6.72. The van der Waals surface area contributed by atoms with Crippen molar-refractivity contribution in [2.75, 3.05) is 0 Å². The first-order chi connectivity index (χ1) is 2.64. The fourth-order valence-corrected chi connectivity index (χ4v) is 0. The average Bonchev–Trinajstić information content (AvgIpc) is 1.36. The molecule has 0 amide bonds. The largest absolute Gasteiger partial charge is 0.0919 e. The maximum Gasteiger partial charge on any atom is 0.0569 e. The standard InChI is InChI=1S/C4H8/c1-3-4-2/h3-4H,1-2H3/i3D,4D. The zero-order valence-corrected chi connectivity index (χ0v) is 3.00. The quantitative estimate of drug-likeness (QED) is 0.371. The topological polar surface area (TPSA) is 0 Å². The van der Waals surface area contributed by atoms with Crippen LogP contribution >= 0.6 is 0 Å². The SMILES string of the molecule is [2H]C(C)=C([2H])C. The molecule has 0 bridgehead atoms. The van der Waals surface area contributed by atoms with Crippen LogP contribution < -0.4 is 0 Å². The highest BCUT2D eigenvalue weighted by molar-refractivity contribution is 4.68. The van der Waals surface area contributed by atoms with Gasteiger partial charge in [-0.05, 0) is 13.8 Å². The van der Waals surface area contributed by atoms with Crippen LogP contribution in [0.25, 0.3) is 0 Å². The van der Waals surface area contributed by atoms with Crippen molar-refractivity contribution in [3.63, 3.8) is 0 Å². The summed E-state index contributed by atoms with van der Waals surface area (Å²) in [4.78, 5) is 0. The number of rotatable bonds is 0. The van der Waals surface area contributed by atoms with Crippen molar-refractivity contribution < 1.29 is 2.74 Å². The van der Waals surface area contributed by atoms with E-state index in [0.29, 0.717) is 12.1 Å². The predicted molar refractivity (Wildman–Crippen MR) is 20.5 cm³/mol. The second kappa shape index (κ2) is 2.74. The summed E-state index contributed by atoms with van der Waals surface area (Å²) in [6.07, 6.45) is 0. The molecule has 0 radical (unpaired) electrons. The average molecular weight is 58.1 g/mol. The van der Waals surface area contributed by atoms with Crippen molar-refractivity contribution in [1.29, 1.82) is 0 Å². The molecule has 0 unspecified atom stereocenters.